The molecule has 3 aromatic rings. The van der Waals surface area contributed by atoms with Gasteiger partial charge in [0.15, 0.2) is 0 Å². The first-order chi connectivity index (χ1) is 17.6. The maximum atomic E-state index is 14.3. The molecule has 1 fully saturated rings. The van der Waals surface area contributed by atoms with Crippen LogP contribution in [0.3, 0.4) is 0 Å². The number of nitrogens with one attached hydrogen (secondary N) is 4. The van der Waals surface area contributed by atoms with Crippen LogP contribution in [0, 0.1) is 17.1 Å². The van der Waals surface area contributed by atoms with Crippen molar-refractivity contribution < 1.29 is 10.2 Å². The topological polar surface area (TPSA) is 88.0 Å². The van der Waals surface area contributed by atoms with Crippen molar-refractivity contribution in [2.75, 3.05) is 17.2 Å². The lowest BCUT2D eigenvalue weighted by Gasteiger charge is -2.23. The van der Waals surface area contributed by atoms with Gasteiger partial charge in [0.2, 0.25) is 0 Å². The molecule has 0 bridgehead atoms. The number of alkyl halides is 1. The Hall–Kier alpha value is -3.61. The van der Waals surface area contributed by atoms with Crippen molar-refractivity contribution >= 4 is 33.9 Å². The summed E-state index contributed by atoms with van der Waals surface area (Å²) < 4.78 is 37.5. The summed E-state index contributed by atoms with van der Waals surface area (Å²) in [5, 5.41) is 18.6. The van der Waals surface area contributed by atoms with E-state index in [1.54, 1.807) is 24.3 Å². The van der Waals surface area contributed by atoms with E-state index in [0.29, 0.717) is 44.6 Å². The summed E-state index contributed by atoms with van der Waals surface area (Å²) in [7, 11) is 0. The van der Waals surface area contributed by atoms with Crippen LogP contribution in [-0.2, 0) is 0 Å². The normalized spacial score (nSPS) is 17.6. The molecule has 36 heavy (non-hydrogen) atoms. The predicted octanol–water partition coefficient (Wildman–Crippen LogP) is 5.54. The lowest BCUT2D eigenvalue weighted by atomic mass is 10.0. The molecule has 1 aliphatic carbocycles. The third-order valence-electron chi connectivity index (χ3n) is 5.93. The Bertz CT molecular complexity index is 1410. The van der Waals surface area contributed by atoms with Gasteiger partial charge in [-0.15, -0.1) is 5.53 Å². The van der Waals surface area contributed by atoms with Crippen LogP contribution in [0.1, 0.15) is 45.2 Å². The maximum absolute atomic E-state index is 14.3. The van der Waals surface area contributed by atoms with Gasteiger partial charge in [-0.1, -0.05) is 23.7 Å². The molecule has 10 heteroatoms. The Labute approximate surface area is 214 Å². The summed E-state index contributed by atoms with van der Waals surface area (Å²) in [4.78, 5) is 4.33. The molecule has 0 unspecified atom stereocenters. The highest BCUT2D eigenvalue weighted by Crippen LogP contribution is 2.36. The minimum atomic E-state index is -1.56. The molecule has 0 radical (unpaired) electrons. The SMILES string of the molecule is [2H][C@](Nc1cc(Cl)c2ncc(C#N)c(NCC(C)(C)F)c2c1)(C1=CN(C2CC2)NN1)c1ccc(F)cc1. The van der Waals surface area contributed by atoms with Crippen molar-refractivity contribution in [2.24, 2.45) is 0 Å². The minimum Gasteiger partial charge on any atom is -0.380 e. The van der Waals surface area contributed by atoms with E-state index >= 15 is 0 Å². The molecule has 4 N–H and O–H groups in total. The largest absolute Gasteiger partial charge is 0.380 e. The molecule has 5 rings (SSSR count). The van der Waals surface area contributed by atoms with E-state index < -0.39 is 17.5 Å². The fourth-order valence-corrected chi connectivity index (χ4v) is 4.23. The van der Waals surface area contributed by atoms with Crippen molar-refractivity contribution in [3.8, 4) is 6.07 Å². The number of hydrogen-bond acceptors (Lipinski definition) is 7. The monoisotopic (exact) mass is 510 g/mol. The molecule has 2 aromatic carbocycles. The smallest absolute Gasteiger partial charge is 0.123 e. The van der Waals surface area contributed by atoms with Crippen LogP contribution in [0.4, 0.5) is 20.2 Å². The van der Waals surface area contributed by atoms with Crippen molar-refractivity contribution in [3.05, 3.63) is 76.5 Å². The molecule has 1 atom stereocenters. The summed E-state index contributed by atoms with van der Waals surface area (Å²) >= 11 is 6.60. The first-order valence-electron chi connectivity index (χ1n) is 12.1. The maximum Gasteiger partial charge on any atom is 0.123 e. The van der Waals surface area contributed by atoms with E-state index in [4.69, 9.17) is 11.6 Å². The van der Waals surface area contributed by atoms with Crippen LogP contribution in [-0.4, -0.2) is 28.2 Å². The van der Waals surface area contributed by atoms with E-state index in [1.807, 2.05) is 11.2 Å². The number of rotatable bonds is 8. The first kappa shape index (κ1) is 22.8. The van der Waals surface area contributed by atoms with Crippen LogP contribution in [0.5, 0.6) is 0 Å². The zero-order valence-corrected chi connectivity index (χ0v) is 20.5. The van der Waals surface area contributed by atoms with Gasteiger partial charge in [0, 0.05) is 36.1 Å². The minimum absolute atomic E-state index is 0.0342. The third kappa shape index (κ3) is 5.15. The molecule has 0 saturated heterocycles. The molecule has 1 saturated carbocycles. The van der Waals surface area contributed by atoms with Crippen LogP contribution >= 0.6 is 11.6 Å². The van der Waals surface area contributed by atoms with Crippen molar-refractivity contribution in [2.45, 2.75) is 44.4 Å². The molecule has 0 amide bonds. The second kappa shape index (κ2) is 9.45. The highest BCUT2D eigenvalue weighted by atomic mass is 35.5. The number of anilines is 2. The molecule has 2 aliphatic rings. The summed E-state index contributed by atoms with van der Waals surface area (Å²) in [6, 6.07) is 9.94. The van der Waals surface area contributed by atoms with Gasteiger partial charge in [0.25, 0.3) is 0 Å². The first-order valence-corrected chi connectivity index (χ1v) is 12.0. The average molecular weight is 511 g/mol. The van der Waals surface area contributed by atoms with Gasteiger partial charge in [-0.05, 0) is 56.5 Å². The number of nitrogens with zero attached hydrogens (tertiary/aromatic N) is 3. The number of nitriles is 1. The Balaban J connectivity index is 1.60. The highest BCUT2D eigenvalue weighted by molar-refractivity contribution is 6.35. The number of pyridine rings is 1. The summed E-state index contributed by atoms with van der Waals surface area (Å²) in [6.07, 6.45) is 5.32. The predicted molar refractivity (Wildman–Crippen MR) is 137 cm³/mol. The Kier molecular flexibility index (Phi) is 5.99. The molecular formula is C26H26ClF2N7. The number of aromatic nitrogens is 1. The molecule has 1 aliphatic heterocycles. The van der Waals surface area contributed by atoms with E-state index in [-0.39, 0.29) is 12.1 Å². The van der Waals surface area contributed by atoms with Gasteiger partial charge in [-0.3, -0.25) is 9.99 Å². The van der Waals surface area contributed by atoms with Gasteiger partial charge in [0.05, 0.1) is 34.9 Å². The van der Waals surface area contributed by atoms with E-state index in [0.717, 1.165) is 12.8 Å². The number of fused-ring (bicyclic) bond motifs is 1. The van der Waals surface area contributed by atoms with E-state index in [2.05, 4.69) is 32.6 Å². The zero-order valence-electron chi connectivity index (χ0n) is 20.8. The van der Waals surface area contributed by atoms with Gasteiger partial charge < -0.3 is 16.1 Å². The molecule has 0 spiro atoms. The molecule has 186 valence electrons. The van der Waals surface area contributed by atoms with Crippen molar-refractivity contribution in [1.29, 1.82) is 5.26 Å². The van der Waals surface area contributed by atoms with E-state index in [1.165, 1.54) is 32.2 Å². The molecule has 2 heterocycles. The van der Waals surface area contributed by atoms with Gasteiger partial charge in [-0.25, -0.2) is 8.78 Å². The third-order valence-corrected chi connectivity index (χ3v) is 6.22. The van der Waals surface area contributed by atoms with Gasteiger partial charge in [0.1, 0.15) is 17.6 Å². The van der Waals surface area contributed by atoms with E-state index in [9.17, 15) is 15.4 Å². The number of halogens is 3. The number of hydrogen-bond donors (Lipinski definition) is 4. The lowest BCUT2D eigenvalue weighted by molar-refractivity contribution is 0.235. The Morgan fingerprint density at radius 1 is 1.33 bits per heavy atom. The van der Waals surface area contributed by atoms with Gasteiger partial charge in [-0.2, -0.15) is 5.26 Å². The van der Waals surface area contributed by atoms with Crippen molar-refractivity contribution in [1.82, 2.24) is 21.0 Å². The average Bonchev–Trinajstić information content (AvgIpc) is 3.58. The quantitative estimate of drug-likeness (QED) is 0.316. The lowest BCUT2D eigenvalue weighted by Crippen LogP contribution is -2.38. The van der Waals surface area contributed by atoms with Crippen LogP contribution in [0.25, 0.3) is 10.9 Å². The summed E-state index contributed by atoms with van der Waals surface area (Å²) in [5.41, 5.74) is 7.15. The van der Waals surface area contributed by atoms with Crippen molar-refractivity contribution in [3.63, 3.8) is 0 Å². The molecule has 7 nitrogen and oxygen atoms in total. The highest BCUT2D eigenvalue weighted by Gasteiger charge is 2.32. The molecule has 1 aromatic heterocycles. The zero-order chi connectivity index (χ0) is 26.4. The summed E-state index contributed by atoms with van der Waals surface area (Å²) in [5.74, 6) is -0.410. The van der Waals surface area contributed by atoms with Crippen LogP contribution < -0.4 is 21.6 Å². The fourth-order valence-electron chi connectivity index (χ4n) is 3.97. The molecular weight excluding hydrogens is 484 g/mol. The van der Waals surface area contributed by atoms with Gasteiger partial charge >= 0.3 is 0 Å². The van der Waals surface area contributed by atoms with Crippen LogP contribution in [0.15, 0.2) is 54.5 Å². The number of benzene rings is 2. The Morgan fingerprint density at radius 2 is 2.08 bits per heavy atom. The second-order valence-electron chi connectivity index (χ2n) is 9.51. The number of hydrazine groups is 2. The Morgan fingerprint density at radius 3 is 2.75 bits per heavy atom. The van der Waals surface area contributed by atoms with Crippen LogP contribution in [0.2, 0.25) is 5.02 Å². The standard InChI is InChI=1S/C26H26ClF2N7/c1-26(2,29)14-32-23-16(11-30)12-31-25-20(23)9-18(10-21(25)27)33-24(15-3-5-17(28)6-4-15)22-13-36(35-34-22)19-7-8-19/h3-6,9-10,12-13,19,24,33-35H,7-8,14H2,1-2H3,(H,31,32)/t24-/m1/s1/i24D. The summed E-state index contributed by atoms with van der Waals surface area (Å²) in [6.45, 7) is 2.84. The fraction of sp³-hybridized carbons (Fsp3) is 0.308. The second-order valence-corrected chi connectivity index (χ2v) is 9.92.